The molecule has 1 aromatic heterocycles. The minimum atomic E-state index is -3.54. The molecule has 1 aliphatic carbocycles. The van der Waals surface area contributed by atoms with Gasteiger partial charge in [-0.2, -0.15) is 5.10 Å². The first-order chi connectivity index (χ1) is 9.08. The zero-order valence-corrected chi connectivity index (χ0v) is 13.3. The monoisotopic (exact) mass is 322 g/mol. The molecule has 0 spiro atoms. The van der Waals surface area contributed by atoms with Crippen molar-refractivity contribution in [3.63, 3.8) is 0 Å². The van der Waals surface area contributed by atoms with Crippen molar-refractivity contribution < 1.29 is 8.42 Å². The Morgan fingerprint density at radius 1 is 1.50 bits per heavy atom. The standard InChI is InChI=1S/C12H22N4O2S.ClH/c1-2-16-12(7-8-14-16)19(17,18)15-11(9-13)10-5-3-4-6-10;/h7-8,10-11,15H,2-6,9,13H2,1H3;1H. The molecule has 1 heterocycles. The van der Waals surface area contributed by atoms with Crippen molar-refractivity contribution in [3.05, 3.63) is 12.3 Å². The molecule has 20 heavy (non-hydrogen) atoms. The van der Waals surface area contributed by atoms with Crippen LogP contribution in [0.1, 0.15) is 32.6 Å². The number of aromatic nitrogens is 2. The van der Waals surface area contributed by atoms with E-state index < -0.39 is 10.0 Å². The molecule has 0 aliphatic heterocycles. The lowest BCUT2D eigenvalue weighted by molar-refractivity contribution is 0.403. The second-order valence-electron chi connectivity index (χ2n) is 4.99. The minimum absolute atomic E-state index is 0. The molecule has 0 radical (unpaired) electrons. The predicted octanol–water partition coefficient (Wildman–Crippen LogP) is 1.12. The summed E-state index contributed by atoms with van der Waals surface area (Å²) < 4.78 is 29.0. The number of aryl methyl sites for hydroxylation is 1. The summed E-state index contributed by atoms with van der Waals surface area (Å²) in [7, 11) is -3.54. The van der Waals surface area contributed by atoms with Gasteiger partial charge in [-0.15, -0.1) is 12.4 Å². The van der Waals surface area contributed by atoms with Crippen molar-refractivity contribution in [2.45, 2.75) is 50.2 Å². The maximum Gasteiger partial charge on any atom is 0.258 e. The van der Waals surface area contributed by atoms with Gasteiger partial charge in [0, 0.05) is 19.1 Å². The Bertz CT molecular complexity index is 511. The van der Waals surface area contributed by atoms with Gasteiger partial charge in [0.05, 0.1) is 6.20 Å². The van der Waals surface area contributed by atoms with E-state index in [0.29, 0.717) is 19.0 Å². The quantitative estimate of drug-likeness (QED) is 0.821. The van der Waals surface area contributed by atoms with Gasteiger partial charge in [0.1, 0.15) is 0 Å². The molecular weight excluding hydrogens is 300 g/mol. The number of hydrogen-bond acceptors (Lipinski definition) is 4. The van der Waals surface area contributed by atoms with Crippen molar-refractivity contribution >= 4 is 22.4 Å². The molecule has 0 saturated heterocycles. The van der Waals surface area contributed by atoms with Crippen LogP contribution < -0.4 is 10.5 Å². The van der Waals surface area contributed by atoms with Crippen LogP contribution in [-0.2, 0) is 16.6 Å². The predicted molar refractivity (Wildman–Crippen MR) is 80.3 cm³/mol. The number of halogens is 1. The summed E-state index contributed by atoms with van der Waals surface area (Å²) in [5.74, 6) is 0.359. The summed E-state index contributed by atoms with van der Waals surface area (Å²) in [6, 6.07) is 1.35. The van der Waals surface area contributed by atoms with E-state index in [0.717, 1.165) is 25.7 Å². The normalized spacial score (nSPS) is 17.9. The van der Waals surface area contributed by atoms with E-state index in [4.69, 9.17) is 5.73 Å². The molecule has 1 fully saturated rings. The molecule has 6 nitrogen and oxygen atoms in total. The largest absolute Gasteiger partial charge is 0.329 e. The van der Waals surface area contributed by atoms with E-state index >= 15 is 0 Å². The Balaban J connectivity index is 0.00000200. The van der Waals surface area contributed by atoms with Crippen LogP contribution in [0.5, 0.6) is 0 Å². The van der Waals surface area contributed by atoms with Crippen molar-refractivity contribution in [2.24, 2.45) is 11.7 Å². The summed E-state index contributed by atoms with van der Waals surface area (Å²) in [5, 5.41) is 4.21. The fourth-order valence-electron chi connectivity index (χ4n) is 2.74. The first kappa shape index (κ1) is 17.4. The van der Waals surface area contributed by atoms with Crippen molar-refractivity contribution in [1.29, 1.82) is 0 Å². The van der Waals surface area contributed by atoms with Gasteiger partial charge in [-0.25, -0.2) is 13.1 Å². The maximum atomic E-state index is 12.4. The van der Waals surface area contributed by atoms with Crippen LogP contribution in [0, 0.1) is 5.92 Å². The zero-order valence-electron chi connectivity index (χ0n) is 11.7. The van der Waals surface area contributed by atoms with E-state index in [2.05, 4.69) is 9.82 Å². The maximum absolute atomic E-state index is 12.4. The van der Waals surface area contributed by atoms with Crippen molar-refractivity contribution in [3.8, 4) is 0 Å². The highest BCUT2D eigenvalue weighted by Crippen LogP contribution is 2.28. The van der Waals surface area contributed by atoms with Crippen LogP contribution in [0.2, 0.25) is 0 Å². The molecule has 2 rings (SSSR count). The molecule has 1 aliphatic rings. The van der Waals surface area contributed by atoms with Gasteiger partial charge in [-0.1, -0.05) is 12.8 Å². The molecule has 8 heteroatoms. The first-order valence-corrected chi connectivity index (χ1v) is 8.31. The smallest absolute Gasteiger partial charge is 0.258 e. The van der Waals surface area contributed by atoms with Crippen LogP contribution in [0.15, 0.2) is 17.3 Å². The van der Waals surface area contributed by atoms with Crippen molar-refractivity contribution in [1.82, 2.24) is 14.5 Å². The molecule has 0 bridgehead atoms. The number of sulfonamides is 1. The van der Waals surface area contributed by atoms with E-state index in [-0.39, 0.29) is 23.5 Å². The highest BCUT2D eigenvalue weighted by atomic mass is 35.5. The summed E-state index contributed by atoms with van der Waals surface area (Å²) in [4.78, 5) is 0. The van der Waals surface area contributed by atoms with Gasteiger partial charge in [0.15, 0.2) is 5.03 Å². The van der Waals surface area contributed by atoms with E-state index in [1.54, 1.807) is 0 Å². The van der Waals surface area contributed by atoms with Gasteiger partial charge in [-0.3, -0.25) is 4.68 Å². The van der Waals surface area contributed by atoms with Crippen LogP contribution in [0.25, 0.3) is 0 Å². The van der Waals surface area contributed by atoms with Gasteiger partial charge >= 0.3 is 0 Å². The molecule has 1 atom stereocenters. The van der Waals surface area contributed by atoms with E-state index in [1.807, 2.05) is 6.92 Å². The Kier molecular flexibility index (Phi) is 6.44. The van der Waals surface area contributed by atoms with E-state index in [9.17, 15) is 8.42 Å². The summed E-state index contributed by atoms with van der Waals surface area (Å²) in [6.45, 7) is 2.73. The lowest BCUT2D eigenvalue weighted by Gasteiger charge is -2.23. The third-order valence-electron chi connectivity index (χ3n) is 3.78. The van der Waals surface area contributed by atoms with Crippen LogP contribution in [0.3, 0.4) is 0 Å². The fraction of sp³-hybridized carbons (Fsp3) is 0.750. The summed E-state index contributed by atoms with van der Waals surface area (Å²) in [5.41, 5.74) is 5.73. The summed E-state index contributed by atoms with van der Waals surface area (Å²) in [6.07, 6.45) is 5.94. The number of nitrogens with zero attached hydrogens (tertiary/aromatic N) is 2. The third-order valence-corrected chi connectivity index (χ3v) is 5.29. The zero-order chi connectivity index (χ0) is 13.9. The van der Waals surface area contributed by atoms with Gasteiger partial charge in [0.2, 0.25) is 0 Å². The fourth-order valence-corrected chi connectivity index (χ4v) is 4.24. The van der Waals surface area contributed by atoms with Gasteiger partial charge < -0.3 is 5.73 Å². The first-order valence-electron chi connectivity index (χ1n) is 6.82. The summed E-state index contributed by atoms with van der Waals surface area (Å²) >= 11 is 0. The highest BCUT2D eigenvalue weighted by molar-refractivity contribution is 7.89. The topological polar surface area (TPSA) is 90.0 Å². The third kappa shape index (κ3) is 3.72. The average Bonchev–Trinajstić information content (AvgIpc) is 3.06. The lowest BCUT2D eigenvalue weighted by atomic mass is 9.99. The molecule has 1 aromatic rings. The molecule has 1 saturated carbocycles. The van der Waals surface area contributed by atoms with Crippen LogP contribution in [0.4, 0.5) is 0 Å². The average molecular weight is 323 g/mol. The highest BCUT2D eigenvalue weighted by Gasteiger charge is 2.29. The Labute approximate surface area is 126 Å². The number of rotatable bonds is 6. The molecule has 0 amide bonds. The molecule has 1 unspecified atom stereocenters. The molecule has 3 N–H and O–H groups in total. The number of nitrogens with two attached hydrogens (primary N) is 1. The molecular formula is C12H23ClN4O2S. The van der Waals surface area contributed by atoms with Crippen molar-refractivity contribution in [2.75, 3.05) is 6.54 Å². The Morgan fingerprint density at radius 3 is 2.70 bits per heavy atom. The Morgan fingerprint density at radius 2 is 2.15 bits per heavy atom. The SMILES string of the molecule is CCn1nccc1S(=O)(=O)NC(CN)C1CCCC1.Cl. The van der Waals surface area contributed by atoms with Gasteiger partial charge in [-0.05, 0) is 31.7 Å². The van der Waals surface area contributed by atoms with Crippen LogP contribution >= 0.6 is 12.4 Å². The van der Waals surface area contributed by atoms with Gasteiger partial charge in [0.25, 0.3) is 10.0 Å². The Hall–Kier alpha value is -0.630. The minimum Gasteiger partial charge on any atom is -0.329 e. The van der Waals surface area contributed by atoms with E-state index in [1.165, 1.54) is 16.9 Å². The van der Waals surface area contributed by atoms with Crippen LogP contribution in [-0.4, -0.2) is 30.8 Å². The lowest BCUT2D eigenvalue weighted by Crippen LogP contribution is -2.45. The number of nitrogens with one attached hydrogen (secondary N) is 1. The second-order valence-corrected chi connectivity index (χ2v) is 6.65. The number of hydrogen-bond donors (Lipinski definition) is 2. The molecule has 116 valence electrons. The molecule has 0 aromatic carbocycles. The second kappa shape index (κ2) is 7.40.